The van der Waals surface area contributed by atoms with Gasteiger partial charge in [-0.15, -0.1) is 0 Å². The van der Waals surface area contributed by atoms with Gasteiger partial charge < -0.3 is 14.7 Å². The molecule has 10 nitrogen and oxygen atoms in total. The first kappa shape index (κ1) is 30.1. The summed E-state index contributed by atoms with van der Waals surface area (Å²) < 4.78 is 8.93. The van der Waals surface area contributed by atoms with Gasteiger partial charge in [0.15, 0.2) is 10.8 Å². The molecule has 46 heavy (non-hydrogen) atoms. The van der Waals surface area contributed by atoms with Gasteiger partial charge in [-0.05, 0) is 67.6 Å². The molecule has 5 aromatic rings. The number of nitrogens with one attached hydrogen (secondary N) is 1. The van der Waals surface area contributed by atoms with Gasteiger partial charge in [0.2, 0.25) is 0 Å². The number of aromatic nitrogens is 4. The van der Waals surface area contributed by atoms with Crippen LogP contribution < -0.4 is 10.2 Å². The highest BCUT2D eigenvalue weighted by Gasteiger charge is 2.34. The number of carboxylic acids is 1. The maximum Gasteiger partial charge on any atom is 0.355 e. The van der Waals surface area contributed by atoms with Crippen LogP contribution in [-0.4, -0.2) is 56.0 Å². The molecule has 1 aliphatic heterocycles. The number of para-hydroxylation sites is 1. The van der Waals surface area contributed by atoms with Crippen LogP contribution in [0.4, 0.5) is 10.9 Å². The molecule has 2 N–H and O–H groups in total. The molecular formula is C35H36N6O4S. The molecule has 0 bridgehead atoms. The van der Waals surface area contributed by atoms with Crippen molar-refractivity contribution in [2.75, 3.05) is 23.9 Å². The van der Waals surface area contributed by atoms with E-state index in [1.54, 1.807) is 13.3 Å². The summed E-state index contributed by atoms with van der Waals surface area (Å²) in [5.74, 6) is -0.764. The first-order chi connectivity index (χ1) is 22.3. The lowest BCUT2D eigenvalue weighted by molar-refractivity contribution is -0.0544. The number of benzene rings is 2. The first-order valence-electron chi connectivity index (χ1n) is 15.7. The average Bonchev–Trinajstić information content (AvgIpc) is 3.66. The highest BCUT2D eigenvalue weighted by atomic mass is 32.1. The van der Waals surface area contributed by atoms with Crippen LogP contribution >= 0.6 is 11.3 Å². The number of fused-ring (bicyclic) bond motifs is 2. The molecular weight excluding hydrogens is 600 g/mol. The van der Waals surface area contributed by atoms with E-state index in [0.29, 0.717) is 48.1 Å². The fraction of sp³-hybridized carbons (Fsp3) is 0.343. The van der Waals surface area contributed by atoms with E-state index < -0.39 is 5.97 Å². The number of nitrogens with zero attached hydrogens (tertiary/aromatic N) is 5. The Labute approximate surface area is 271 Å². The van der Waals surface area contributed by atoms with Crippen molar-refractivity contribution in [3.05, 3.63) is 88.9 Å². The topological polar surface area (TPSA) is 122 Å². The zero-order chi connectivity index (χ0) is 31.8. The molecule has 0 atom stereocenters. The molecule has 1 fully saturated rings. The van der Waals surface area contributed by atoms with Gasteiger partial charge in [0.25, 0.3) is 5.91 Å². The summed E-state index contributed by atoms with van der Waals surface area (Å²) in [6, 6.07) is 17.3. The highest BCUT2D eigenvalue weighted by Crippen LogP contribution is 2.35. The molecule has 1 saturated carbocycles. The lowest BCUT2D eigenvalue weighted by Crippen LogP contribution is -2.39. The van der Waals surface area contributed by atoms with E-state index >= 15 is 0 Å². The van der Waals surface area contributed by atoms with Crippen molar-refractivity contribution in [1.82, 2.24) is 19.7 Å². The summed E-state index contributed by atoms with van der Waals surface area (Å²) in [5, 5.41) is 18.5. The number of carbonyl (C=O) groups is 2. The average molecular weight is 637 g/mol. The van der Waals surface area contributed by atoms with Crippen LogP contribution in [0.25, 0.3) is 21.3 Å². The predicted molar refractivity (Wildman–Crippen MR) is 179 cm³/mol. The molecule has 2 aliphatic rings. The molecule has 4 heterocycles. The van der Waals surface area contributed by atoms with Crippen LogP contribution in [-0.2, 0) is 24.2 Å². The molecule has 0 radical (unpaired) electrons. The van der Waals surface area contributed by atoms with Crippen LogP contribution in [0.3, 0.4) is 0 Å². The molecule has 0 spiro atoms. The van der Waals surface area contributed by atoms with E-state index in [9.17, 15) is 14.7 Å². The maximum atomic E-state index is 13.5. The number of ether oxygens (including phenoxy) is 1. The second kappa shape index (κ2) is 12.3. The zero-order valence-corrected chi connectivity index (χ0v) is 26.8. The van der Waals surface area contributed by atoms with Gasteiger partial charge in [0.05, 0.1) is 28.6 Å². The summed E-state index contributed by atoms with van der Waals surface area (Å²) in [5.41, 5.74) is 5.31. The summed E-state index contributed by atoms with van der Waals surface area (Å²) in [6.45, 7) is 3.68. The minimum Gasteiger partial charge on any atom is -0.476 e. The third kappa shape index (κ3) is 5.65. The van der Waals surface area contributed by atoms with Crippen molar-refractivity contribution < 1.29 is 19.4 Å². The minimum absolute atomic E-state index is 0.0214. The van der Waals surface area contributed by atoms with Crippen LogP contribution in [0.1, 0.15) is 69.8 Å². The molecule has 7 rings (SSSR count). The van der Waals surface area contributed by atoms with Gasteiger partial charge in [0.1, 0.15) is 5.82 Å². The third-order valence-corrected chi connectivity index (χ3v) is 10.4. The first-order valence-corrected chi connectivity index (χ1v) is 16.5. The molecule has 236 valence electrons. The lowest BCUT2D eigenvalue weighted by Gasteiger charge is -2.36. The summed E-state index contributed by atoms with van der Waals surface area (Å²) in [4.78, 5) is 37.3. The highest BCUT2D eigenvalue weighted by molar-refractivity contribution is 7.22. The van der Waals surface area contributed by atoms with Crippen molar-refractivity contribution in [2.24, 2.45) is 0 Å². The number of amides is 1. The van der Waals surface area contributed by atoms with Crippen molar-refractivity contribution >= 4 is 44.4 Å². The molecule has 0 unspecified atom stereocenters. The van der Waals surface area contributed by atoms with E-state index in [-0.39, 0.29) is 17.2 Å². The molecule has 1 aliphatic carbocycles. The van der Waals surface area contributed by atoms with Gasteiger partial charge >= 0.3 is 5.97 Å². The minimum atomic E-state index is -1.10. The largest absolute Gasteiger partial charge is 0.476 e. The third-order valence-electron chi connectivity index (χ3n) is 9.47. The van der Waals surface area contributed by atoms with Crippen LogP contribution in [0.15, 0.2) is 60.8 Å². The normalized spacial score (nSPS) is 15.9. The van der Waals surface area contributed by atoms with E-state index in [0.717, 1.165) is 58.3 Å². The van der Waals surface area contributed by atoms with Crippen molar-refractivity contribution in [2.45, 2.75) is 64.1 Å². The Kier molecular flexibility index (Phi) is 8.04. The number of methoxy groups -OCH3 is 1. The Morgan fingerprint density at radius 3 is 2.63 bits per heavy atom. The number of carbonyl (C=O) groups excluding carboxylic acids is 1. The molecule has 0 saturated heterocycles. The fourth-order valence-electron chi connectivity index (χ4n) is 6.85. The Hall–Kier alpha value is -4.61. The van der Waals surface area contributed by atoms with Crippen molar-refractivity contribution in [3.8, 4) is 11.1 Å². The second-order valence-electron chi connectivity index (χ2n) is 12.2. The van der Waals surface area contributed by atoms with Crippen LogP contribution in [0.2, 0.25) is 0 Å². The summed E-state index contributed by atoms with van der Waals surface area (Å²) in [6.07, 6.45) is 7.89. The van der Waals surface area contributed by atoms with Crippen LogP contribution in [0.5, 0.6) is 0 Å². The molecule has 1 amide bonds. The zero-order valence-electron chi connectivity index (χ0n) is 26.0. The molecule has 11 heteroatoms. The van der Waals surface area contributed by atoms with E-state index in [1.807, 2.05) is 71.1 Å². The molecule has 3 aromatic heterocycles. The van der Waals surface area contributed by atoms with Gasteiger partial charge in [0, 0.05) is 42.6 Å². The standard InChI is InChI=1S/C35H36N6O4S/c1-22-26(19-36-41(22)21-35(45-2)16-6-3-7-17-35)24-13-14-30(38-31(24)33(43)44)40-18-15-23-9-8-10-25(27(23)20-40)32(42)39-34-37-28-11-4-5-12-29(28)46-34/h4-5,8-14,19H,3,6-7,15-18,20-21H2,1-2H3,(H,43,44)(H,37,39,42). The number of aromatic carboxylic acids is 1. The van der Waals surface area contributed by atoms with Crippen LogP contribution in [0, 0.1) is 6.92 Å². The van der Waals surface area contributed by atoms with E-state index in [4.69, 9.17) is 4.74 Å². The number of thiazole rings is 1. The number of anilines is 2. The lowest BCUT2D eigenvalue weighted by atomic mass is 9.84. The molecule has 2 aromatic carbocycles. The van der Waals surface area contributed by atoms with Gasteiger partial charge in [-0.3, -0.25) is 14.8 Å². The summed E-state index contributed by atoms with van der Waals surface area (Å²) in [7, 11) is 1.77. The maximum absolute atomic E-state index is 13.5. The van der Waals surface area contributed by atoms with Gasteiger partial charge in [-0.2, -0.15) is 5.10 Å². The Morgan fingerprint density at radius 1 is 1.02 bits per heavy atom. The Bertz CT molecular complexity index is 1910. The van der Waals surface area contributed by atoms with E-state index in [1.165, 1.54) is 17.8 Å². The van der Waals surface area contributed by atoms with Gasteiger partial charge in [-0.25, -0.2) is 14.8 Å². The smallest absolute Gasteiger partial charge is 0.355 e. The Morgan fingerprint density at radius 2 is 1.85 bits per heavy atom. The quantitative estimate of drug-likeness (QED) is 0.192. The van der Waals surface area contributed by atoms with E-state index in [2.05, 4.69) is 20.4 Å². The number of rotatable bonds is 8. The monoisotopic (exact) mass is 636 g/mol. The van der Waals surface area contributed by atoms with Gasteiger partial charge in [-0.1, -0.05) is 54.9 Å². The summed E-state index contributed by atoms with van der Waals surface area (Å²) >= 11 is 1.44. The Balaban J connectivity index is 1.14. The second-order valence-corrected chi connectivity index (χ2v) is 13.2. The van der Waals surface area contributed by atoms with Crippen molar-refractivity contribution in [3.63, 3.8) is 0 Å². The number of pyridine rings is 1. The number of carboxylic acid groups (broad SMARTS) is 1. The fourth-order valence-corrected chi connectivity index (χ4v) is 7.71. The number of hydrogen-bond acceptors (Lipinski definition) is 8. The predicted octanol–water partition coefficient (Wildman–Crippen LogP) is 6.73. The SMILES string of the molecule is COC1(Cn2ncc(-c3ccc(N4CCc5cccc(C(=O)Nc6nc7ccccc7s6)c5C4)nc3C(=O)O)c2C)CCCCC1. The number of hydrogen-bond donors (Lipinski definition) is 2. The van der Waals surface area contributed by atoms with Crippen molar-refractivity contribution in [1.29, 1.82) is 0 Å².